The van der Waals surface area contributed by atoms with E-state index in [4.69, 9.17) is 9.47 Å². The van der Waals surface area contributed by atoms with Crippen LogP contribution in [0.3, 0.4) is 0 Å². The normalized spacial score (nSPS) is 14.4. The van der Waals surface area contributed by atoms with Gasteiger partial charge in [0.1, 0.15) is 13.2 Å². The van der Waals surface area contributed by atoms with E-state index in [-0.39, 0.29) is 18.5 Å². The van der Waals surface area contributed by atoms with Gasteiger partial charge in [-0.05, 0) is 41.3 Å². The molecule has 1 aliphatic heterocycles. The monoisotopic (exact) mass is 408 g/mol. The molecule has 0 fully saturated rings. The summed E-state index contributed by atoms with van der Waals surface area (Å²) >= 11 is 0. The molecule has 0 saturated heterocycles. The number of halogens is 3. The lowest BCUT2D eigenvalue weighted by Gasteiger charge is -2.25. The van der Waals surface area contributed by atoms with E-state index >= 15 is 0 Å². The largest absolute Gasteiger partial charge is 0.486 e. The minimum atomic E-state index is -4.42. The summed E-state index contributed by atoms with van der Waals surface area (Å²) in [6.07, 6.45) is -4.42. The molecule has 0 unspecified atom stereocenters. The number of nitrogens with one attached hydrogen (secondary N) is 2. The molecule has 2 N–H and O–H groups in total. The fourth-order valence-electron chi connectivity index (χ4n) is 3.12. The van der Waals surface area contributed by atoms with Crippen LogP contribution in [0.4, 0.5) is 18.0 Å². The summed E-state index contributed by atoms with van der Waals surface area (Å²) in [5, 5.41) is 5.51. The number of hydrogen-bond donors (Lipinski definition) is 2. The lowest BCUT2D eigenvalue weighted by Crippen LogP contribution is -2.39. The maximum Gasteiger partial charge on any atom is 0.416 e. The van der Waals surface area contributed by atoms with Crippen molar-refractivity contribution in [2.24, 2.45) is 5.92 Å². The van der Waals surface area contributed by atoms with E-state index in [9.17, 15) is 18.0 Å². The lowest BCUT2D eigenvalue weighted by molar-refractivity contribution is -0.137. The van der Waals surface area contributed by atoms with E-state index in [0.717, 1.165) is 17.7 Å². The van der Waals surface area contributed by atoms with Gasteiger partial charge in [-0.15, -0.1) is 0 Å². The molecule has 1 atom stereocenters. The van der Waals surface area contributed by atoms with Crippen LogP contribution in [0.2, 0.25) is 0 Å². The first-order chi connectivity index (χ1) is 13.7. The van der Waals surface area contributed by atoms with Crippen molar-refractivity contribution in [3.05, 3.63) is 59.2 Å². The van der Waals surface area contributed by atoms with Crippen molar-refractivity contribution in [2.75, 3.05) is 13.2 Å². The predicted molar refractivity (Wildman–Crippen MR) is 102 cm³/mol. The SMILES string of the molecule is CC(C)[C@@H](NC(=O)NCc1cccc(C(F)(F)F)c1)c1ccc2c(c1)OCCO2. The van der Waals surface area contributed by atoms with Gasteiger partial charge < -0.3 is 20.1 Å². The van der Waals surface area contributed by atoms with Gasteiger partial charge in [-0.1, -0.05) is 32.0 Å². The van der Waals surface area contributed by atoms with Gasteiger partial charge in [-0.25, -0.2) is 4.79 Å². The highest BCUT2D eigenvalue weighted by atomic mass is 19.4. The Morgan fingerprint density at radius 1 is 1.07 bits per heavy atom. The van der Waals surface area contributed by atoms with E-state index in [1.807, 2.05) is 26.0 Å². The third kappa shape index (κ3) is 5.34. The standard InChI is InChI=1S/C21H23F3N2O3/c1-13(2)19(15-6-7-17-18(11-15)29-9-8-28-17)26-20(27)25-12-14-4-3-5-16(10-14)21(22,23)24/h3-7,10-11,13,19H,8-9,12H2,1-2H3,(H2,25,26,27)/t19-/m1/s1. The summed E-state index contributed by atoms with van der Waals surface area (Å²) in [5.41, 5.74) is 0.488. The molecule has 0 spiro atoms. The van der Waals surface area contributed by atoms with Crippen LogP contribution >= 0.6 is 0 Å². The Bertz CT molecular complexity index is 868. The first-order valence-corrected chi connectivity index (χ1v) is 9.34. The zero-order valence-corrected chi connectivity index (χ0v) is 16.2. The summed E-state index contributed by atoms with van der Waals surface area (Å²) in [4.78, 5) is 12.4. The van der Waals surface area contributed by atoms with Gasteiger partial charge in [0.15, 0.2) is 11.5 Å². The maximum absolute atomic E-state index is 12.8. The molecule has 156 valence electrons. The van der Waals surface area contributed by atoms with Crippen LogP contribution in [-0.2, 0) is 12.7 Å². The zero-order chi connectivity index (χ0) is 21.0. The Kier molecular flexibility index (Phi) is 6.20. The van der Waals surface area contributed by atoms with Gasteiger partial charge in [0.25, 0.3) is 0 Å². The summed E-state index contributed by atoms with van der Waals surface area (Å²) in [7, 11) is 0. The van der Waals surface area contributed by atoms with E-state index < -0.39 is 17.8 Å². The number of fused-ring (bicyclic) bond motifs is 1. The number of ether oxygens (including phenoxy) is 2. The Labute approximate surface area is 167 Å². The van der Waals surface area contributed by atoms with Crippen molar-refractivity contribution < 1.29 is 27.4 Å². The van der Waals surface area contributed by atoms with Gasteiger partial charge in [-0.2, -0.15) is 13.2 Å². The molecular weight excluding hydrogens is 385 g/mol. The fraction of sp³-hybridized carbons (Fsp3) is 0.381. The fourth-order valence-corrected chi connectivity index (χ4v) is 3.12. The second kappa shape index (κ2) is 8.63. The molecular formula is C21H23F3N2O3. The molecule has 1 aliphatic rings. The molecule has 0 radical (unpaired) electrons. The molecule has 0 aromatic heterocycles. The Morgan fingerprint density at radius 2 is 1.79 bits per heavy atom. The second-order valence-corrected chi connectivity index (χ2v) is 7.15. The molecule has 2 aromatic rings. The maximum atomic E-state index is 12.8. The number of benzene rings is 2. The number of rotatable bonds is 5. The molecule has 2 amide bonds. The highest BCUT2D eigenvalue weighted by molar-refractivity contribution is 5.74. The number of hydrogen-bond acceptors (Lipinski definition) is 3. The number of carbonyl (C=O) groups is 1. The minimum absolute atomic E-state index is 0.0122. The molecule has 2 aromatic carbocycles. The van der Waals surface area contributed by atoms with E-state index in [2.05, 4.69) is 10.6 Å². The molecule has 0 saturated carbocycles. The molecule has 0 aliphatic carbocycles. The van der Waals surface area contributed by atoms with Crippen LogP contribution in [-0.4, -0.2) is 19.2 Å². The third-order valence-electron chi connectivity index (χ3n) is 4.59. The summed E-state index contributed by atoms with van der Waals surface area (Å²) in [6, 6.07) is 9.64. The Hall–Kier alpha value is -2.90. The zero-order valence-electron chi connectivity index (χ0n) is 16.2. The van der Waals surface area contributed by atoms with Crippen LogP contribution in [0.25, 0.3) is 0 Å². The Balaban J connectivity index is 1.65. The number of urea groups is 1. The number of carbonyl (C=O) groups excluding carboxylic acids is 1. The van der Waals surface area contributed by atoms with Crippen molar-refractivity contribution in [3.63, 3.8) is 0 Å². The quantitative estimate of drug-likeness (QED) is 0.756. The molecule has 0 bridgehead atoms. The minimum Gasteiger partial charge on any atom is -0.486 e. The van der Waals surface area contributed by atoms with Crippen LogP contribution in [0.1, 0.15) is 36.6 Å². The van der Waals surface area contributed by atoms with Gasteiger partial charge in [0, 0.05) is 6.54 Å². The second-order valence-electron chi connectivity index (χ2n) is 7.15. The highest BCUT2D eigenvalue weighted by Crippen LogP contribution is 2.34. The van der Waals surface area contributed by atoms with Crippen LogP contribution in [0.5, 0.6) is 11.5 Å². The Morgan fingerprint density at radius 3 is 2.48 bits per heavy atom. The van der Waals surface area contributed by atoms with Crippen molar-refractivity contribution in [3.8, 4) is 11.5 Å². The van der Waals surface area contributed by atoms with Gasteiger partial charge in [-0.3, -0.25) is 0 Å². The molecule has 1 heterocycles. The lowest BCUT2D eigenvalue weighted by atomic mass is 9.95. The van der Waals surface area contributed by atoms with Gasteiger partial charge in [0.2, 0.25) is 0 Å². The van der Waals surface area contributed by atoms with Crippen molar-refractivity contribution in [1.29, 1.82) is 0 Å². The average Bonchev–Trinajstić information content (AvgIpc) is 2.69. The van der Waals surface area contributed by atoms with Crippen LogP contribution in [0, 0.1) is 5.92 Å². The molecule has 3 rings (SSSR count). The van der Waals surface area contributed by atoms with Crippen molar-refractivity contribution in [2.45, 2.75) is 32.6 Å². The predicted octanol–water partition coefficient (Wildman–Crippen LogP) is 4.67. The highest BCUT2D eigenvalue weighted by Gasteiger charge is 2.30. The van der Waals surface area contributed by atoms with E-state index in [1.54, 1.807) is 6.07 Å². The van der Waals surface area contributed by atoms with Gasteiger partial charge >= 0.3 is 12.2 Å². The molecule has 8 heteroatoms. The summed E-state index contributed by atoms with van der Waals surface area (Å²) < 4.78 is 49.6. The number of alkyl halides is 3. The van der Waals surface area contributed by atoms with E-state index in [1.165, 1.54) is 12.1 Å². The third-order valence-corrected chi connectivity index (χ3v) is 4.59. The smallest absolute Gasteiger partial charge is 0.416 e. The van der Waals surface area contributed by atoms with E-state index in [0.29, 0.717) is 30.3 Å². The van der Waals surface area contributed by atoms with Crippen LogP contribution < -0.4 is 20.1 Å². The summed E-state index contributed by atoms with van der Waals surface area (Å²) in [5.74, 6) is 1.37. The van der Waals surface area contributed by atoms with Crippen molar-refractivity contribution >= 4 is 6.03 Å². The van der Waals surface area contributed by atoms with Gasteiger partial charge in [0.05, 0.1) is 11.6 Å². The molecule has 5 nitrogen and oxygen atoms in total. The topological polar surface area (TPSA) is 59.6 Å². The first-order valence-electron chi connectivity index (χ1n) is 9.34. The number of amides is 2. The van der Waals surface area contributed by atoms with Crippen molar-refractivity contribution in [1.82, 2.24) is 10.6 Å². The first kappa shape index (κ1) is 20.8. The molecule has 29 heavy (non-hydrogen) atoms. The average molecular weight is 408 g/mol. The summed E-state index contributed by atoms with van der Waals surface area (Å²) in [6.45, 7) is 4.88. The van der Waals surface area contributed by atoms with Crippen LogP contribution in [0.15, 0.2) is 42.5 Å².